The lowest BCUT2D eigenvalue weighted by molar-refractivity contribution is -0.141. The van der Waals surface area contributed by atoms with E-state index in [2.05, 4.69) is 5.10 Å². The Balaban J connectivity index is 2.46. The molecule has 2 rings (SSSR count). The van der Waals surface area contributed by atoms with Crippen LogP contribution in [0.3, 0.4) is 0 Å². The Morgan fingerprint density at radius 3 is 2.16 bits per heavy atom. The Kier molecular flexibility index (Phi) is 3.13. The topological polar surface area (TPSA) is 52.0 Å². The van der Waals surface area contributed by atoms with Crippen molar-refractivity contribution in [2.45, 2.75) is 18.0 Å². The second kappa shape index (κ2) is 4.37. The molecule has 1 aromatic carbocycles. The summed E-state index contributed by atoms with van der Waals surface area (Å²) in [6.07, 6.45) is -3.90. The van der Waals surface area contributed by atoms with Gasteiger partial charge in [-0.2, -0.15) is 30.8 Å². The molecular weight excluding hydrogens is 281 g/mol. The Bertz CT molecular complexity index is 687. The standard InChI is InChI=1S/C11H9F3N2O2S/c1-8-2-4-9(5-3-8)19(17,18)16-7-6-10(15-16)11(12,13)14/h2-7H,1H3. The van der Waals surface area contributed by atoms with Gasteiger partial charge >= 0.3 is 6.18 Å². The molecule has 0 bridgehead atoms. The Morgan fingerprint density at radius 2 is 1.68 bits per heavy atom. The van der Waals surface area contributed by atoms with Gasteiger partial charge in [0.05, 0.1) is 4.90 Å². The second-order valence-electron chi connectivity index (χ2n) is 3.89. The van der Waals surface area contributed by atoms with Gasteiger partial charge in [-0.15, -0.1) is 0 Å². The average molecular weight is 290 g/mol. The predicted molar refractivity (Wildman–Crippen MR) is 61.0 cm³/mol. The molecule has 0 aliphatic heterocycles. The third-order valence-corrected chi connectivity index (χ3v) is 3.99. The molecule has 1 heterocycles. The van der Waals surface area contributed by atoms with E-state index in [4.69, 9.17) is 0 Å². The van der Waals surface area contributed by atoms with Crippen molar-refractivity contribution in [3.05, 3.63) is 47.8 Å². The number of nitrogens with zero attached hydrogens (tertiary/aromatic N) is 2. The maximum atomic E-state index is 12.4. The van der Waals surface area contributed by atoms with Gasteiger partial charge in [0.1, 0.15) is 0 Å². The van der Waals surface area contributed by atoms with Gasteiger partial charge in [-0.05, 0) is 25.1 Å². The van der Waals surface area contributed by atoms with Crippen LogP contribution in [0.25, 0.3) is 0 Å². The molecule has 0 saturated heterocycles. The van der Waals surface area contributed by atoms with E-state index in [-0.39, 0.29) is 4.90 Å². The van der Waals surface area contributed by atoms with Crippen LogP contribution in [-0.2, 0) is 16.2 Å². The SMILES string of the molecule is Cc1ccc(S(=O)(=O)n2ccc(C(F)(F)F)n2)cc1. The van der Waals surface area contributed by atoms with E-state index < -0.39 is 21.9 Å². The molecule has 0 aliphatic rings. The number of benzene rings is 1. The molecule has 0 radical (unpaired) electrons. The van der Waals surface area contributed by atoms with Crippen LogP contribution < -0.4 is 0 Å². The van der Waals surface area contributed by atoms with Gasteiger partial charge in [0, 0.05) is 6.20 Å². The van der Waals surface area contributed by atoms with Crippen molar-refractivity contribution in [1.29, 1.82) is 0 Å². The van der Waals surface area contributed by atoms with Crippen LogP contribution in [0.1, 0.15) is 11.3 Å². The second-order valence-corrected chi connectivity index (χ2v) is 5.69. The van der Waals surface area contributed by atoms with E-state index in [1.807, 2.05) is 0 Å². The first kappa shape index (κ1) is 13.6. The van der Waals surface area contributed by atoms with E-state index in [0.29, 0.717) is 10.2 Å². The fourth-order valence-electron chi connectivity index (χ4n) is 1.41. The van der Waals surface area contributed by atoms with Gasteiger partial charge in [0.25, 0.3) is 10.0 Å². The average Bonchev–Trinajstić information content (AvgIpc) is 2.79. The quantitative estimate of drug-likeness (QED) is 0.853. The van der Waals surface area contributed by atoms with E-state index in [0.717, 1.165) is 11.8 Å². The molecule has 1 aromatic heterocycles. The maximum absolute atomic E-state index is 12.4. The number of hydrogen-bond donors (Lipinski definition) is 0. The molecule has 0 saturated carbocycles. The molecule has 0 unspecified atom stereocenters. The molecule has 0 aliphatic carbocycles. The predicted octanol–water partition coefficient (Wildman–Crippen LogP) is 2.45. The first-order valence-electron chi connectivity index (χ1n) is 5.16. The molecule has 0 amide bonds. The summed E-state index contributed by atoms with van der Waals surface area (Å²) in [6, 6.07) is 6.37. The number of rotatable bonds is 2. The summed E-state index contributed by atoms with van der Waals surface area (Å²) in [5.41, 5.74) is -0.404. The molecule has 0 N–H and O–H groups in total. The third kappa shape index (κ3) is 2.62. The van der Waals surface area contributed by atoms with E-state index in [1.165, 1.54) is 12.1 Å². The highest BCUT2D eigenvalue weighted by atomic mass is 32.2. The van der Waals surface area contributed by atoms with E-state index in [1.54, 1.807) is 19.1 Å². The fraction of sp³-hybridized carbons (Fsp3) is 0.182. The first-order valence-corrected chi connectivity index (χ1v) is 6.60. The Hall–Kier alpha value is -1.83. The van der Waals surface area contributed by atoms with Crippen molar-refractivity contribution in [2.75, 3.05) is 0 Å². The Labute approximate surface area is 107 Å². The van der Waals surface area contributed by atoms with Crippen LogP contribution in [-0.4, -0.2) is 17.6 Å². The summed E-state index contributed by atoms with van der Waals surface area (Å²) >= 11 is 0. The normalized spacial score (nSPS) is 12.6. The molecule has 4 nitrogen and oxygen atoms in total. The molecule has 0 atom stereocenters. The van der Waals surface area contributed by atoms with Crippen molar-refractivity contribution in [1.82, 2.24) is 9.19 Å². The summed E-state index contributed by atoms with van der Waals surface area (Å²) in [5, 5.41) is 3.06. The van der Waals surface area contributed by atoms with Gasteiger partial charge in [-0.1, -0.05) is 17.7 Å². The van der Waals surface area contributed by atoms with Gasteiger partial charge in [0.15, 0.2) is 5.69 Å². The summed E-state index contributed by atoms with van der Waals surface area (Å²) in [7, 11) is -4.09. The van der Waals surface area contributed by atoms with Crippen molar-refractivity contribution >= 4 is 10.0 Å². The van der Waals surface area contributed by atoms with Gasteiger partial charge in [0.2, 0.25) is 0 Å². The maximum Gasteiger partial charge on any atom is 0.435 e. The summed E-state index contributed by atoms with van der Waals surface area (Å²) < 4.78 is 61.5. The minimum absolute atomic E-state index is 0.116. The lowest BCUT2D eigenvalue weighted by Crippen LogP contribution is -2.15. The number of alkyl halides is 3. The van der Waals surface area contributed by atoms with Crippen LogP contribution in [0.4, 0.5) is 13.2 Å². The van der Waals surface area contributed by atoms with Crippen molar-refractivity contribution in [3.63, 3.8) is 0 Å². The number of aryl methyl sites for hydroxylation is 1. The minimum atomic E-state index is -4.67. The molecule has 0 spiro atoms. The van der Waals surface area contributed by atoms with E-state index in [9.17, 15) is 21.6 Å². The van der Waals surface area contributed by atoms with Gasteiger partial charge < -0.3 is 0 Å². The highest BCUT2D eigenvalue weighted by molar-refractivity contribution is 7.89. The molecule has 102 valence electrons. The molecule has 19 heavy (non-hydrogen) atoms. The van der Waals surface area contributed by atoms with Crippen LogP contribution >= 0.6 is 0 Å². The van der Waals surface area contributed by atoms with Crippen molar-refractivity contribution < 1.29 is 21.6 Å². The molecule has 8 heteroatoms. The lowest BCUT2D eigenvalue weighted by atomic mass is 10.2. The van der Waals surface area contributed by atoms with Gasteiger partial charge in [-0.25, -0.2) is 0 Å². The summed E-state index contributed by atoms with van der Waals surface area (Å²) in [5.74, 6) is 0. The zero-order valence-corrected chi connectivity index (χ0v) is 10.5. The first-order chi connectivity index (χ1) is 8.71. The smallest absolute Gasteiger partial charge is 0.199 e. The monoisotopic (exact) mass is 290 g/mol. The van der Waals surface area contributed by atoms with E-state index >= 15 is 0 Å². The fourth-order valence-corrected chi connectivity index (χ4v) is 2.52. The van der Waals surface area contributed by atoms with Crippen molar-refractivity contribution in [2.24, 2.45) is 0 Å². The highest BCUT2D eigenvalue weighted by Gasteiger charge is 2.34. The van der Waals surface area contributed by atoms with Crippen LogP contribution in [0.5, 0.6) is 0 Å². The van der Waals surface area contributed by atoms with Crippen LogP contribution in [0, 0.1) is 6.92 Å². The third-order valence-electron chi connectivity index (χ3n) is 2.42. The molecule has 2 aromatic rings. The summed E-state index contributed by atoms with van der Waals surface area (Å²) in [4.78, 5) is -0.116. The lowest BCUT2D eigenvalue weighted by Gasteiger charge is -2.05. The Morgan fingerprint density at radius 1 is 1.11 bits per heavy atom. The van der Waals surface area contributed by atoms with Crippen LogP contribution in [0.15, 0.2) is 41.4 Å². The summed E-state index contributed by atoms with van der Waals surface area (Å²) in [6.45, 7) is 1.77. The number of halogens is 3. The molecule has 0 fully saturated rings. The van der Waals surface area contributed by atoms with Gasteiger partial charge in [-0.3, -0.25) is 0 Å². The highest BCUT2D eigenvalue weighted by Crippen LogP contribution is 2.28. The zero-order valence-electron chi connectivity index (χ0n) is 9.72. The minimum Gasteiger partial charge on any atom is -0.199 e. The molecular formula is C11H9F3N2O2S. The largest absolute Gasteiger partial charge is 0.435 e. The van der Waals surface area contributed by atoms with Crippen LogP contribution in [0.2, 0.25) is 0 Å². The number of aromatic nitrogens is 2. The number of hydrogen-bond acceptors (Lipinski definition) is 3. The zero-order chi connectivity index (χ0) is 14.3. The van der Waals surface area contributed by atoms with Crippen molar-refractivity contribution in [3.8, 4) is 0 Å².